The van der Waals surface area contributed by atoms with Crippen molar-refractivity contribution in [2.24, 2.45) is 0 Å². The average molecular weight is 406 g/mol. The van der Waals surface area contributed by atoms with Crippen LogP contribution in [0.15, 0.2) is 36.4 Å². The number of nitrogens with one attached hydrogen (secondary N) is 2. The van der Waals surface area contributed by atoms with Crippen molar-refractivity contribution in [3.8, 4) is 0 Å². The second kappa shape index (κ2) is 9.09. The Morgan fingerprint density at radius 2 is 1.97 bits per heavy atom. The normalized spacial score (nSPS) is 19.0. The van der Waals surface area contributed by atoms with Crippen LogP contribution in [0.3, 0.4) is 0 Å². The standard InChI is InChI=1S/C21H21F3N2O3/c1-2-29-19-8-14(11-25-21(19)28)12-3-4-13(17(24)7-12)9-20(27)26-18-10-15(22)5-6-16(18)23/h3-7,10,14,19H,2,8-9,11H2,1H3,(H,25,28)(H,26,27). The Morgan fingerprint density at radius 3 is 2.69 bits per heavy atom. The van der Waals surface area contributed by atoms with E-state index in [2.05, 4.69) is 10.6 Å². The Hall–Kier alpha value is -2.87. The molecule has 0 aliphatic carbocycles. The van der Waals surface area contributed by atoms with Crippen LogP contribution in [0.4, 0.5) is 18.9 Å². The zero-order chi connectivity index (χ0) is 21.0. The maximum atomic E-state index is 14.5. The first-order valence-corrected chi connectivity index (χ1v) is 9.30. The van der Waals surface area contributed by atoms with Gasteiger partial charge in [-0.3, -0.25) is 9.59 Å². The molecule has 3 rings (SSSR count). The van der Waals surface area contributed by atoms with Crippen molar-refractivity contribution in [2.45, 2.75) is 31.8 Å². The van der Waals surface area contributed by atoms with E-state index in [-0.39, 0.29) is 29.5 Å². The predicted octanol–water partition coefficient (Wildman–Crippen LogP) is 3.29. The maximum Gasteiger partial charge on any atom is 0.249 e. The molecule has 2 amide bonds. The molecule has 8 heteroatoms. The summed E-state index contributed by atoms with van der Waals surface area (Å²) in [6, 6.07) is 7.21. The highest BCUT2D eigenvalue weighted by atomic mass is 19.1. The molecule has 2 N–H and O–H groups in total. The van der Waals surface area contributed by atoms with Gasteiger partial charge in [0.05, 0.1) is 12.1 Å². The smallest absolute Gasteiger partial charge is 0.249 e. The summed E-state index contributed by atoms with van der Waals surface area (Å²) in [5, 5.41) is 5.00. The van der Waals surface area contributed by atoms with Gasteiger partial charge in [0.25, 0.3) is 0 Å². The van der Waals surface area contributed by atoms with Crippen LogP contribution in [0.5, 0.6) is 0 Å². The third-order valence-corrected chi connectivity index (χ3v) is 4.78. The number of hydrogen-bond acceptors (Lipinski definition) is 3. The van der Waals surface area contributed by atoms with Crippen LogP contribution in [-0.2, 0) is 20.7 Å². The highest BCUT2D eigenvalue weighted by molar-refractivity contribution is 5.92. The molecular formula is C21H21F3N2O3. The number of halogens is 3. The largest absolute Gasteiger partial charge is 0.369 e. The Morgan fingerprint density at radius 1 is 1.17 bits per heavy atom. The molecule has 1 saturated heterocycles. The van der Waals surface area contributed by atoms with Gasteiger partial charge < -0.3 is 15.4 Å². The molecular weight excluding hydrogens is 385 g/mol. The maximum absolute atomic E-state index is 14.5. The van der Waals surface area contributed by atoms with E-state index in [1.165, 1.54) is 12.1 Å². The van der Waals surface area contributed by atoms with Crippen LogP contribution in [-0.4, -0.2) is 31.1 Å². The van der Waals surface area contributed by atoms with Gasteiger partial charge in [0.2, 0.25) is 11.8 Å². The lowest BCUT2D eigenvalue weighted by Crippen LogP contribution is -2.45. The highest BCUT2D eigenvalue weighted by Gasteiger charge is 2.30. The Labute approximate surface area is 166 Å². The van der Waals surface area contributed by atoms with Gasteiger partial charge in [-0.1, -0.05) is 12.1 Å². The van der Waals surface area contributed by atoms with Gasteiger partial charge in [0.15, 0.2) is 0 Å². The van der Waals surface area contributed by atoms with Gasteiger partial charge in [-0.2, -0.15) is 0 Å². The van der Waals surface area contributed by atoms with E-state index in [9.17, 15) is 22.8 Å². The van der Waals surface area contributed by atoms with Gasteiger partial charge >= 0.3 is 0 Å². The van der Waals surface area contributed by atoms with Crippen LogP contribution in [0.1, 0.15) is 30.4 Å². The van der Waals surface area contributed by atoms with Crippen molar-refractivity contribution in [1.29, 1.82) is 0 Å². The van der Waals surface area contributed by atoms with Crippen molar-refractivity contribution in [3.05, 3.63) is 65.0 Å². The molecule has 5 nitrogen and oxygen atoms in total. The minimum atomic E-state index is -0.779. The molecule has 29 heavy (non-hydrogen) atoms. The molecule has 154 valence electrons. The summed E-state index contributed by atoms with van der Waals surface area (Å²) in [6.07, 6.45) is -0.462. The summed E-state index contributed by atoms with van der Waals surface area (Å²) in [7, 11) is 0. The summed E-state index contributed by atoms with van der Waals surface area (Å²) in [5.41, 5.74) is 0.517. The molecule has 0 bridgehead atoms. The molecule has 0 spiro atoms. The fraction of sp³-hybridized carbons (Fsp3) is 0.333. The number of benzene rings is 2. The predicted molar refractivity (Wildman–Crippen MR) is 101 cm³/mol. The van der Waals surface area contributed by atoms with E-state index < -0.39 is 29.5 Å². The Bertz CT molecular complexity index is 920. The minimum Gasteiger partial charge on any atom is -0.369 e. The van der Waals surface area contributed by atoms with E-state index in [1.807, 2.05) is 0 Å². The molecule has 2 aromatic carbocycles. The number of hydrogen-bond donors (Lipinski definition) is 2. The van der Waals surface area contributed by atoms with E-state index in [0.29, 0.717) is 25.1 Å². The molecule has 2 unspecified atom stereocenters. The van der Waals surface area contributed by atoms with Crippen LogP contribution in [0.2, 0.25) is 0 Å². The van der Waals surface area contributed by atoms with Crippen molar-refractivity contribution in [3.63, 3.8) is 0 Å². The summed E-state index contributed by atoms with van der Waals surface area (Å²) >= 11 is 0. The summed E-state index contributed by atoms with van der Waals surface area (Å²) in [5.74, 6) is -3.00. The molecule has 0 saturated carbocycles. The van der Waals surface area contributed by atoms with Crippen LogP contribution < -0.4 is 10.6 Å². The van der Waals surface area contributed by atoms with Crippen molar-refractivity contribution < 1.29 is 27.5 Å². The zero-order valence-corrected chi connectivity index (χ0v) is 15.8. The number of carbonyl (C=O) groups excluding carboxylic acids is 2. The molecule has 0 radical (unpaired) electrons. The number of piperidine rings is 1. The van der Waals surface area contributed by atoms with Crippen molar-refractivity contribution >= 4 is 17.5 Å². The summed E-state index contributed by atoms with van der Waals surface area (Å²) < 4.78 is 46.8. The van der Waals surface area contributed by atoms with Gasteiger partial charge in [-0.15, -0.1) is 0 Å². The summed E-state index contributed by atoms with van der Waals surface area (Å²) in [4.78, 5) is 23.9. The zero-order valence-electron chi connectivity index (χ0n) is 15.8. The molecule has 0 aromatic heterocycles. The second-order valence-electron chi connectivity index (χ2n) is 6.82. The second-order valence-corrected chi connectivity index (χ2v) is 6.82. The number of carbonyl (C=O) groups is 2. The lowest BCUT2D eigenvalue weighted by Gasteiger charge is -2.29. The minimum absolute atomic E-state index is 0.108. The van der Waals surface area contributed by atoms with E-state index in [1.54, 1.807) is 13.0 Å². The number of rotatable bonds is 6. The first kappa shape index (κ1) is 20.9. The average Bonchev–Trinajstić information content (AvgIpc) is 2.68. The van der Waals surface area contributed by atoms with Crippen LogP contribution >= 0.6 is 0 Å². The molecule has 2 aromatic rings. The molecule has 1 fully saturated rings. The number of ether oxygens (including phenoxy) is 1. The Kier molecular flexibility index (Phi) is 6.53. The molecule has 1 heterocycles. The lowest BCUT2D eigenvalue weighted by atomic mass is 9.89. The quantitative estimate of drug-likeness (QED) is 0.774. The lowest BCUT2D eigenvalue weighted by molar-refractivity contribution is -0.135. The third-order valence-electron chi connectivity index (χ3n) is 4.78. The number of amides is 2. The molecule has 1 aliphatic rings. The van der Waals surface area contributed by atoms with Gasteiger partial charge in [0.1, 0.15) is 23.6 Å². The van der Waals surface area contributed by atoms with Gasteiger partial charge in [-0.25, -0.2) is 13.2 Å². The highest BCUT2D eigenvalue weighted by Crippen LogP contribution is 2.27. The van der Waals surface area contributed by atoms with Gasteiger partial charge in [-0.05, 0) is 42.7 Å². The first-order valence-electron chi connectivity index (χ1n) is 9.30. The van der Waals surface area contributed by atoms with Crippen molar-refractivity contribution in [1.82, 2.24) is 5.32 Å². The van der Waals surface area contributed by atoms with Crippen LogP contribution in [0, 0.1) is 17.5 Å². The van der Waals surface area contributed by atoms with Crippen molar-refractivity contribution in [2.75, 3.05) is 18.5 Å². The van der Waals surface area contributed by atoms with Crippen LogP contribution in [0.25, 0.3) is 0 Å². The fourth-order valence-corrected chi connectivity index (χ4v) is 3.31. The third kappa shape index (κ3) is 5.14. The molecule has 2 atom stereocenters. The van der Waals surface area contributed by atoms with Gasteiger partial charge in [0, 0.05) is 25.1 Å². The summed E-state index contributed by atoms with van der Waals surface area (Å²) in [6.45, 7) is 2.58. The molecule has 1 aliphatic heterocycles. The Balaban J connectivity index is 1.67. The monoisotopic (exact) mass is 406 g/mol. The first-order chi connectivity index (χ1) is 13.9. The van der Waals surface area contributed by atoms with E-state index in [0.717, 1.165) is 18.2 Å². The number of anilines is 1. The van der Waals surface area contributed by atoms with E-state index in [4.69, 9.17) is 4.74 Å². The topological polar surface area (TPSA) is 67.4 Å². The van der Waals surface area contributed by atoms with E-state index >= 15 is 0 Å². The fourth-order valence-electron chi connectivity index (χ4n) is 3.31. The SMILES string of the molecule is CCOC1CC(c2ccc(CC(=O)Nc3cc(F)ccc3F)c(F)c2)CNC1=O.